The van der Waals surface area contributed by atoms with Crippen LogP contribution in [0, 0.1) is 0 Å². The van der Waals surface area contributed by atoms with Crippen molar-refractivity contribution in [3.05, 3.63) is 22.7 Å². The van der Waals surface area contributed by atoms with Crippen LogP contribution in [0.5, 0.6) is 0 Å². The molecule has 19 heavy (non-hydrogen) atoms. The number of anilines is 1. The number of aromatic nitrogens is 2. The predicted octanol–water partition coefficient (Wildman–Crippen LogP) is 1.27. The highest BCUT2D eigenvalue weighted by Gasteiger charge is 2.45. The highest BCUT2D eigenvalue weighted by Crippen LogP contribution is 2.31. The maximum atomic E-state index is 12.4. The predicted molar refractivity (Wildman–Crippen MR) is 71.5 cm³/mol. The van der Waals surface area contributed by atoms with Gasteiger partial charge in [-0.25, -0.2) is 9.78 Å². The Labute approximate surface area is 111 Å². The summed E-state index contributed by atoms with van der Waals surface area (Å²) in [5, 5.41) is 9.40. The zero-order chi connectivity index (χ0) is 14.2. The van der Waals surface area contributed by atoms with Crippen molar-refractivity contribution < 1.29 is 9.90 Å². The van der Waals surface area contributed by atoms with Gasteiger partial charge < -0.3 is 14.6 Å². The first-order chi connectivity index (χ1) is 8.88. The summed E-state index contributed by atoms with van der Waals surface area (Å²) in [5.74, 6) is -0.676. The van der Waals surface area contributed by atoms with E-state index < -0.39 is 11.5 Å². The molecular formula is C13H19N3O3. The van der Waals surface area contributed by atoms with Gasteiger partial charge in [0.05, 0.1) is 0 Å². The lowest BCUT2D eigenvalue weighted by molar-refractivity contribution is -0.142. The van der Waals surface area contributed by atoms with Crippen molar-refractivity contribution in [2.45, 2.75) is 45.2 Å². The molecule has 0 radical (unpaired) electrons. The Morgan fingerprint density at radius 1 is 1.53 bits per heavy atom. The van der Waals surface area contributed by atoms with Gasteiger partial charge in [-0.2, -0.15) is 0 Å². The molecule has 0 amide bonds. The molecule has 0 aromatic carbocycles. The highest BCUT2D eigenvalue weighted by atomic mass is 16.4. The number of hydrogen-bond acceptors (Lipinski definition) is 4. The van der Waals surface area contributed by atoms with E-state index in [1.54, 1.807) is 28.8 Å². The molecule has 1 aliphatic rings. The van der Waals surface area contributed by atoms with Crippen molar-refractivity contribution >= 4 is 11.8 Å². The Morgan fingerprint density at radius 3 is 2.79 bits per heavy atom. The van der Waals surface area contributed by atoms with Gasteiger partial charge in [-0.05, 0) is 33.6 Å². The van der Waals surface area contributed by atoms with E-state index in [0.29, 0.717) is 13.0 Å². The molecule has 0 bridgehead atoms. The molecule has 1 aromatic rings. The first kappa shape index (κ1) is 13.6. The summed E-state index contributed by atoms with van der Waals surface area (Å²) >= 11 is 0. The normalized spacial score (nSPS) is 23.1. The smallest absolute Gasteiger partial charge is 0.329 e. The average molecular weight is 265 g/mol. The van der Waals surface area contributed by atoms with Crippen molar-refractivity contribution in [3.8, 4) is 0 Å². The van der Waals surface area contributed by atoms with Gasteiger partial charge in [0.2, 0.25) is 0 Å². The third-order valence-electron chi connectivity index (χ3n) is 3.76. The lowest BCUT2D eigenvalue weighted by Crippen LogP contribution is -2.50. The molecule has 1 fully saturated rings. The average Bonchev–Trinajstić information content (AvgIpc) is 2.72. The lowest BCUT2D eigenvalue weighted by Gasteiger charge is -2.31. The fraction of sp³-hybridized carbons (Fsp3) is 0.615. The molecule has 1 N–H and O–H groups in total. The van der Waals surface area contributed by atoms with Crippen LogP contribution in [0.15, 0.2) is 17.2 Å². The van der Waals surface area contributed by atoms with Gasteiger partial charge in [-0.15, -0.1) is 0 Å². The zero-order valence-corrected chi connectivity index (χ0v) is 11.5. The van der Waals surface area contributed by atoms with Crippen LogP contribution in [0.4, 0.5) is 5.82 Å². The summed E-state index contributed by atoms with van der Waals surface area (Å²) in [6, 6.07) is 0.0212. The molecule has 6 heteroatoms. The van der Waals surface area contributed by atoms with Crippen LogP contribution in [-0.2, 0) is 4.79 Å². The fourth-order valence-electron chi connectivity index (χ4n) is 2.53. The van der Waals surface area contributed by atoms with E-state index in [1.807, 2.05) is 13.8 Å². The second-order valence-electron chi connectivity index (χ2n) is 5.39. The third-order valence-corrected chi connectivity index (χ3v) is 3.76. The van der Waals surface area contributed by atoms with Crippen LogP contribution in [0.25, 0.3) is 0 Å². The molecule has 0 saturated carbocycles. The molecule has 0 spiro atoms. The quantitative estimate of drug-likeness (QED) is 0.890. The van der Waals surface area contributed by atoms with Gasteiger partial charge >= 0.3 is 5.97 Å². The zero-order valence-electron chi connectivity index (χ0n) is 11.5. The second-order valence-corrected chi connectivity index (χ2v) is 5.39. The number of carboxylic acids is 1. The van der Waals surface area contributed by atoms with Crippen molar-refractivity contribution in [1.82, 2.24) is 9.55 Å². The molecule has 1 aliphatic heterocycles. The van der Waals surface area contributed by atoms with Crippen molar-refractivity contribution in [1.29, 1.82) is 0 Å². The van der Waals surface area contributed by atoms with Crippen LogP contribution in [0.2, 0.25) is 0 Å². The van der Waals surface area contributed by atoms with Gasteiger partial charge in [0.1, 0.15) is 5.54 Å². The van der Waals surface area contributed by atoms with Crippen molar-refractivity contribution in [2.75, 3.05) is 11.4 Å². The number of rotatable bonds is 3. The van der Waals surface area contributed by atoms with Crippen molar-refractivity contribution in [2.24, 2.45) is 0 Å². The molecule has 1 unspecified atom stereocenters. The SMILES string of the molecule is CC(C)n1ccnc(N2CCCC2(C)C(=O)O)c1=O. The Balaban J connectivity index is 2.51. The summed E-state index contributed by atoms with van der Waals surface area (Å²) in [4.78, 5) is 29.6. The molecule has 2 heterocycles. The van der Waals surface area contributed by atoms with E-state index >= 15 is 0 Å². The summed E-state index contributed by atoms with van der Waals surface area (Å²) in [6.45, 7) is 6.01. The number of carbonyl (C=O) groups is 1. The first-order valence-electron chi connectivity index (χ1n) is 6.46. The van der Waals surface area contributed by atoms with E-state index in [2.05, 4.69) is 4.98 Å². The highest BCUT2D eigenvalue weighted by molar-refractivity contribution is 5.83. The van der Waals surface area contributed by atoms with E-state index in [9.17, 15) is 14.7 Å². The van der Waals surface area contributed by atoms with E-state index in [-0.39, 0.29) is 17.4 Å². The lowest BCUT2D eigenvalue weighted by atomic mass is 9.99. The molecule has 1 aromatic heterocycles. The number of hydrogen-bond donors (Lipinski definition) is 1. The molecule has 2 rings (SSSR count). The van der Waals surface area contributed by atoms with E-state index in [4.69, 9.17) is 0 Å². The summed E-state index contributed by atoms with van der Waals surface area (Å²) in [7, 11) is 0. The fourth-order valence-corrected chi connectivity index (χ4v) is 2.53. The minimum absolute atomic E-state index is 0.0212. The van der Waals surface area contributed by atoms with Gasteiger partial charge in [0.25, 0.3) is 5.56 Å². The minimum Gasteiger partial charge on any atom is -0.480 e. The summed E-state index contributed by atoms with van der Waals surface area (Å²) < 4.78 is 1.57. The number of nitrogens with zero attached hydrogens (tertiary/aromatic N) is 3. The number of aliphatic carboxylic acids is 1. The molecule has 6 nitrogen and oxygen atoms in total. The molecule has 1 atom stereocenters. The maximum absolute atomic E-state index is 12.4. The standard InChI is InChI=1S/C13H19N3O3/c1-9(2)15-8-6-14-10(11(15)17)16-7-4-5-13(16,3)12(18)19/h6,8-9H,4-5,7H2,1-3H3,(H,18,19). The van der Waals surface area contributed by atoms with Crippen LogP contribution < -0.4 is 10.5 Å². The molecule has 1 saturated heterocycles. The topological polar surface area (TPSA) is 75.4 Å². The van der Waals surface area contributed by atoms with Gasteiger partial charge in [-0.3, -0.25) is 4.79 Å². The Hall–Kier alpha value is -1.85. The summed E-state index contributed by atoms with van der Waals surface area (Å²) in [5.41, 5.74) is -1.27. The maximum Gasteiger partial charge on any atom is 0.329 e. The van der Waals surface area contributed by atoms with Gasteiger partial charge in [0, 0.05) is 25.0 Å². The van der Waals surface area contributed by atoms with Crippen LogP contribution in [-0.4, -0.2) is 32.7 Å². The first-order valence-corrected chi connectivity index (χ1v) is 6.46. The summed E-state index contributed by atoms with van der Waals surface area (Å²) in [6.07, 6.45) is 4.46. The van der Waals surface area contributed by atoms with Crippen LogP contribution in [0.1, 0.15) is 39.7 Å². The minimum atomic E-state index is -1.04. The monoisotopic (exact) mass is 265 g/mol. The molecule has 104 valence electrons. The van der Waals surface area contributed by atoms with E-state index in [1.165, 1.54) is 0 Å². The van der Waals surface area contributed by atoms with Gasteiger partial charge in [-0.1, -0.05) is 0 Å². The Morgan fingerprint density at radius 2 is 2.21 bits per heavy atom. The molecule has 0 aliphatic carbocycles. The number of carboxylic acid groups (broad SMARTS) is 1. The third kappa shape index (κ3) is 2.11. The second kappa shape index (κ2) is 4.68. The van der Waals surface area contributed by atoms with Crippen LogP contribution in [0.3, 0.4) is 0 Å². The van der Waals surface area contributed by atoms with Crippen LogP contribution >= 0.6 is 0 Å². The van der Waals surface area contributed by atoms with Crippen molar-refractivity contribution in [3.63, 3.8) is 0 Å². The van der Waals surface area contributed by atoms with E-state index in [0.717, 1.165) is 6.42 Å². The Bertz CT molecular complexity index is 552. The Kier molecular flexibility index (Phi) is 3.34. The van der Waals surface area contributed by atoms with Gasteiger partial charge in [0.15, 0.2) is 5.82 Å². The molecular weight excluding hydrogens is 246 g/mol. The largest absolute Gasteiger partial charge is 0.480 e.